The fourth-order valence-corrected chi connectivity index (χ4v) is 3.56. The van der Waals surface area contributed by atoms with Crippen molar-refractivity contribution in [3.63, 3.8) is 0 Å². The summed E-state index contributed by atoms with van der Waals surface area (Å²) in [6, 6.07) is 12.8. The highest BCUT2D eigenvalue weighted by Gasteiger charge is 2.14. The number of nitrogens with one attached hydrogen (secondary N) is 2. The number of aliphatic hydroxyl groups excluding tert-OH is 1. The maximum atomic E-state index is 14.4. The van der Waals surface area contributed by atoms with Gasteiger partial charge in [-0.05, 0) is 23.3 Å². The van der Waals surface area contributed by atoms with Gasteiger partial charge in [0.2, 0.25) is 11.8 Å². The van der Waals surface area contributed by atoms with Crippen LogP contribution in [0.2, 0.25) is 0 Å². The Morgan fingerprint density at radius 1 is 1.07 bits per heavy atom. The summed E-state index contributed by atoms with van der Waals surface area (Å²) in [6.07, 6.45) is -0.0350. The van der Waals surface area contributed by atoms with E-state index >= 15 is 0 Å². The lowest BCUT2D eigenvalue weighted by atomic mass is 10.1. The van der Waals surface area contributed by atoms with Gasteiger partial charge in [0, 0.05) is 6.54 Å². The molecule has 2 aromatic carbocycles. The molecular weight excluding hydrogens is 369 g/mol. The number of hydrogen-bond donors (Lipinski definition) is 3. The van der Waals surface area contributed by atoms with E-state index in [-0.39, 0.29) is 43.4 Å². The Hall–Kier alpha value is -2.84. The van der Waals surface area contributed by atoms with Gasteiger partial charge >= 0.3 is 0 Å². The minimum absolute atomic E-state index is 0.0350. The highest BCUT2D eigenvalue weighted by atomic mass is 32.1. The summed E-state index contributed by atoms with van der Waals surface area (Å²) >= 11 is 1.25. The van der Waals surface area contributed by atoms with E-state index in [1.165, 1.54) is 17.4 Å². The van der Waals surface area contributed by atoms with Crippen molar-refractivity contribution in [2.45, 2.75) is 6.42 Å². The van der Waals surface area contributed by atoms with Gasteiger partial charge in [0.15, 0.2) is 5.82 Å². The number of aromatic nitrogens is 1. The first-order valence-electron chi connectivity index (χ1n) is 8.35. The number of nitrogens with zero attached hydrogens (tertiary/aromatic N) is 1. The molecule has 27 heavy (non-hydrogen) atoms. The molecule has 0 aliphatic heterocycles. The summed E-state index contributed by atoms with van der Waals surface area (Å²) in [7, 11) is 0. The van der Waals surface area contributed by atoms with E-state index in [2.05, 4.69) is 15.6 Å². The number of fused-ring (bicyclic) bond motifs is 1. The molecule has 0 radical (unpaired) electrons. The van der Waals surface area contributed by atoms with E-state index < -0.39 is 5.82 Å². The molecule has 0 aliphatic carbocycles. The Bertz CT molecular complexity index is 959. The number of amides is 2. The Balaban J connectivity index is 1.70. The summed E-state index contributed by atoms with van der Waals surface area (Å²) in [4.78, 5) is 27.6. The molecule has 6 nitrogen and oxygen atoms in total. The van der Waals surface area contributed by atoms with Crippen LogP contribution in [0.1, 0.15) is 5.01 Å². The molecule has 3 rings (SSSR count). The van der Waals surface area contributed by atoms with E-state index in [0.717, 1.165) is 11.1 Å². The van der Waals surface area contributed by atoms with Crippen molar-refractivity contribution < 1.29 is 19.1 Å². The van der Waals surface area contributed by atoms with Crippen LogP contribution in [-0.4, -0.2) is 41.6 Å². The first-order valence-corrected chi connectivity index (χ1v) is 9.17. The number of halogens is 1. The lowest BCUT2D eigenvalue weighted by molar-refractivity contribution is -0.125. The molecule has 0 atom stereocenters. The summed E-state index contributed by atoms with van der Waals surface area (Å²) in [6.45, 7) is -0.215. The van der Waals surface area contributed by atoms with Crippen molar-refractivity contribution in [2.24, 2.45) is 0 Å². The maximum absolute atomic E-state index is 14.4. The Morgan fingerprint density at radius 3 is 2.59 bits per heavy atom. The third kappa shape index (κ3) is 4.87. The van der Waals surface area contributed by atoms with Crippen LogP contribution in [-0.2, 0) is 16.0 Å². The molecular formula is C19H18FN3O3S. The summed E-state index contributed by atoms with van der Waals surface area (Å²) in [5.74, 6) is -1.20. The maximum Gasteiger partial charge on any atom is 0.239 e. The molecule has 0 bridgehead atoms. The van der Waals surface area contributed by atoms with Gasteiger partial charge in [-0.2, -0.15) is 0 Å². The van der Waals surface area contributed by atoms with Crippen molar-refractivity contribution in [3.05, 3.63) is 53.3 Å². The number of thiazole rings is 1. The second-order valence-corrected chi connectivity index (χ2v) is 6.92. The van der Waals surface area contributed by atoms with E-state index in [1.807, 2.05) is 36.4 Å². The lowest BCUT2D eigenvalue weighted by Crippen LogP contribution is -2.38. The fourth-order valence-electron chi connectivity index (χ4n) is 2.54. The lowest BCUT2D eigenvalue weighted by Gasteiger charge is -2.04. The van der Waals surface area contributed by atoms with Gasteiger partial charge in [-0.1, -0.05) is 30.3 Å². The van der Waals surface area contributed by atoms with Crippen LogP contribution in [0.3, 0.4) is 0 Å². The molecule has 0 aliphatic rings. The topological polar surface area (TPSA) is 91.3 Å². The standard InChI is InChI=1S/C19H18FN3O3S/c20-14-8-13(12-4-2-1-3-5-12)9-15-19(14)23-18(27-15)10-16(25)22-11-17(26)21-6-7-24/h1-5,8-9,24H,6-7,10-11H2,(H,21,26)(H,22,25). The van der Waals surface area contributed by atoms with Crippen LogP contribution in [0.5, 0.6) is 0 Å². The van der Waals surface area contributed by atoms with Crippen molar-refractivity contribution in [2.75, 3.05) is 19.7 Å². The Kier molecular flexibility index (Phi) is 6.10. The minimum atomic E-state index is -0.433. The third-order valence-electron chi connectivity index (χ3n) is 3.79. The van der Waals surface area contributed by atoms with Crippen LogP contribution in [0.25, 0.3) is 21.3 Å². The minimum Gasteiger partial charge on any atom is -0.395 e. The van der Waals surface area contributed by atoms with Gasteiger partial charge in [0.25, 0.3) is 0 Å². The molecule has 140 valence electrons. The molecule has 3 N–H and O–H groups in total. The number of carbonyl (C=O) groups is 2. The first kappa shape index (κ1) is 18.9. The quantitative estimate of drug-likeness (QED) is 0.577. The van der Waals surface area contributed by atoms with E-state index in [0.29, 0.717) is 9.71 Å². The van der Waals surface area contributed by atoms with E-state index in [4.69, 9.17) is 5.11 Å². The zero-order valence-corrected chi connectivity index (χ0v) is 15.2. The van der Waals surface area contributed by atoms with Crippen LogP contribution < -0.4 is 10.6 Å². The van der Waals surface area contributed by atoms with Gasteiger partial charge in [-0.3, -0.25) is 9.59 Å². The average Bonchev–Trinajstić information content (AvgIpc) is 3.08. The molecule has 0 saturated heterocycles. The van der Waals surface area contributed by atoms with Gasteiger partial charge in [0.1, 0.15) is 10.5 Å². The van der Waals surface area contributed by atoms with Gasteiger partial charge in [0.05, 0.1) is 24.3 Å². The highest BCUT2D eigenvalue weighted by Crippen LogP contribution is 2.30. The number of hydrogen-bond acceptors (Lipinski definition) is 5. The van der Waals surface area contributed by atoms with Crippen molar-refractivity contribution in [3.8, 4) is 11.1 Å². The number of rotatable bonds is 7. The second kappa shape index (κ2) is 8.70. The predicted octanol–water partition coefficient (Wildman–Crippen LogP) is 1.87. The molecule has 3 aromatic rings. The molecule has 0 unspecified atom stereocenters. The Labute approximate surface area is 159 Å². The predicted molar refractivity (Wildman–Crippen MR) is 102 cm³/mol. The Morgan fingerprint density at radius 2 is 1.85 bits per heavy atom. The zero-order chi connectivity index (χ0) is 19.2. The molecule has 1 aromatic heterocycles. The van der Waals surface area contributed by atoms with Crippen LogP contribution in [0, 0.1) is 5.82 Å². The fraction of sp³-hybridized carbons (Fsp3) is 0.211. The van der Waals surface area contributed by atoms with Crippen molar-refractivity contribution in [1.29, 1.82) is 0 Å². The number of benzene rings is 2. The normalized spacial score (nSPS) is 10.7. The van der Waals surface area contributed by atoms with E-state index in [1.54, 1.807) is 0 Å². The van der Waals surface area contributed by atoms with Crippen molar-refractivity contribution in [1.82, 2.24) is 15.6 Å². The van der Waals surface area contributed by atoms with Gasteiger partial charge in [-0.15, -0.1) is 11.3 Å². The van der Waals surface area contributed by atoms with Crippen LogP contribution in [0.15, 0.2) is 42.5 Å². The highest BCUT2D eigenvalue weighted by molar-refractivity contribution is 7.18. The second-order valence-electron chi connectivity index (χ2n) is 5.81. The molecule has 2 amide bonds. The van der Waals surface area contributed by atoms with Crippen LogP contribution >= 0.6 is 11.3 Å². The monoisotopic (exact) mass is 387 g/mol. The first-order chi connectivity index (χ1) is 13.1. The van der Waals surface area contributed by atoms with Crippen molar-refractivity contribution >= 4 is 33.4 Å². The SMILES string of the molecule is O=C(CNC(=O)Cc1nc2c(F)cc(-c3ccccc3)cc2s1)NCCO. The number of aliphatic hydroxyl groups is 1. The average molecular weight is 387 g/mol. The molecule has 1 heterocycles. The zero-order valence-electron chi connectivity index (χ0n) is 14.4. The molecule has 0 saturated carbocycles. The smallest absolute Gasteiger partial charge is 0.239 e. The van der Waals surface area contributed by atoms with E-state index in [9.17, 15) is 14.0 Å². The van der Waals surface area contributed by atoms with Gasteiger partial charge in [-0.25, -0.2) is 9.37 Å². The largest absolute Gasteiger partial charge is 0.395 e. The summed E-state index contributed by atoms with van der Waals surface area (Å²) in [5, 5.41) is 14.0. The third-order valence-corrected chi connectivity index (χ3v) is 4.79. The summed E-state index contributed by atoms with van der Waals surface area (Å²) < 4.78 is 15.1. The number of carbonyl (C=O) groups excluding carboxylic acids is 2. The molecule has 0 spiro atoms. The molecule has 0 fully saturated rings. The van der Waals surface area contributed by atoms with Crippen LogP contribution in [0.4, 0.5) is 4.39 Å². The summed E-state index contributed by atoms with van der Waals surface area (Å²) in [5.41, 5.74) is 1.89. The van der Waals surface area contributed by atoms with Gasteiger partial charge < -0.3 is 15.7 Å². The molecule has 8 heteroatoms.